The van der Waals surface area contributed by atoms with Gasteiger partial charge in [0, 0.05) is 25.7 Å². The highest BCUT2D eigenvalue weighted by atomic mass is 16.5. The van der Waals surface area contributed by atoms with Crippen LogP contribution in [0.5, 0.6) is 0 Å². The molecule has 1 aliphatic heterocycles. The number of ether oxygens (including phenoxy) is 1. The summed E-state index contributed by atoms with van der Waals surface area (Å²) in [5.41, 5.74) is 0. The molecule has 0 aromatic heterocycles. The van der Waals surface area contributed by atoms with Gasteiger partial charge in [-0.3, -0.25) is 4.90 Å². The van der Waals surface area contributed by atoms with Crippen LogP contribution in [0.4, 0.5) is 0 Å². The van der Waals surface area contributed by atoms with Gasteiger partial charge in [0.15, 0.2) is 0 Å². The lowest BCUT2D eigenvalue weighted by Gasteiger charge is -2.37. The molecule has 0 radical (unpaired) electrons. The predicted molar refractivity (Wildman–Crippen MR) is 66.7 cm³/mol. The molecule has 2 aliphatic rings. The molecule has 2 fully saturated rings. The van der Waals surface area contributed by atoms with E-state index in [0.717, 1.165) is 31.7 Å². The second-order valence-electron chi connectivity index (χ2n) is 5.04. The Balaban J connectivity index is 1.76. The maximum atomic E-state index is 5.62. The van der Waals surface area contributed by atoms with Crippen LogP contribution >= 0.6 is 0 Å². The van der Waals surface area contributed by atoms with Crippen LogP contribution in [0, 0.1) is 5.92 Å². The van der Waals surface area contributed by atoms with E-state index in [0.29, 0.717) is 0 Å². The third-order valence-electron chi connectivity index (χ3n) is 4.04. The standard InChI is InChI=1S/C13H26N2O/c1-3-14(4-2)7-8-15-9-10-16-11-13(15)12-5-6-12/h12-13H,3-11H2,1-2H3/t13-/m0/s1. The van der Waals surface area contributed by atoms with Gasteiger partial charge in [-0.2, -0.15) is 0 Å². The van der Waals surface area contributed by atoms with Crippen molar-refractivity contribution in [1.29, 1.82) is 0 Å². The molecule has 94 valence electrons. The Morgan fingerprint density at radius 1 is 1.25 bits per heavy atom. The minimum Gasteiger partial charge on any atom is -0.378 e. The van der Waals surface area contributed by atoms with Gasteiger partial charge in [-0.1, -0.05) is 13.8 Å². The van der Waals surface area contributed by atoms with E-state index < -0.39 is 0 Å². The molecule has 1 aliphatic carbocycles. The van der Waals surface area contributed by atoms with Crippen molar-refractivity contribution in [2.45, 2.75) is 32.7 Å². The van der Waals surface area contributed by atoms with Crippen LogP contribution in [0.25, 0.3) is 0 Å². The lowest BCUT2D eigenvalue weighted by atomic mass is 10.1. The Hall–Kier alpha value is -0.120. The predicted octanol–water partition coefficient (Wildman–Crippen LogP) is 1.44. The summed E-state index contributed by atoms with van der Waals surface area (Å²) < 4.78 is 5.62. The smallest absolute Gasteiger partial charge is 0.0625 e. The van der Waals surface area contributed by atoms with E-state index in [1.54, 1.807) is 0 Å². The zero-order valence-electron chi connectivity index (χ0n) is 10.8. The van der Waals surface area contributed by atoms with Gasteiger partial charge in [-0.15, -0.1) is 0 Å². The van der Waals surface area contributed by atoms with Crippen molar-refractivity contribution in [3.05, 3.63) is 0 Å². The second kappa shape index (κ2) is 5.99. The van der Waals surface area contributed by atoms with E-state index in [4.69, 9.17) is 4.74 Å². The summed E-state index contributed by atoms with van der Waals surface area (Å²) in [6.07, 6.45) is 2.85. The quantitative estimate of drug-likeness (QED) is 0.681. The van der Waals surface area contributed by atoms with Crippen LogP contribution in [0.3, 0.4) is 0 Å². The summed E-state index contributed by atoms with van der Waals surface area (Å²) in [7, 11) is 0. The van der Waals surface area contributed by atoms with E-state index in [9.17, 15) is 0 Å². The van der Waals surface area contributed by atoms with Gasteiger partial charge in [0.05, 0.1) is 13.2 Å². The van der Waals surface area contributed by atoms with Crippen molar-refractivity contribution in [2.75, 3.05) is 45.9 Å². The van der Waals surface area contributed by atoms with Crippen LogP contribution < -0.4 is 0 Å². The third kappa shape index (κ3) is 3.19. The van der Waals surface area contributed by atoms with Crippen molar-refractivity contribution < 1.29 is 4.74 Å². The molecule has 3 heteroatoms. The summed E-state index contributed by atoms with van der Waals surface area (Å²) >= 11 is 0. The first-order valence-electron chi connectivity index (χ1n) is 6.89. The molecule has 0 N–H and O–H groups in total. The minimum absolute atomic E-state index is 0.726. The van der Waals surface area contributed by atoms with E-state index in [2.05, 4.69) is 23.6 Å². The molecule has 0 unspecified atom stereocenters. The van der Waals surface area contributed by atoms with Gasteiger partial charge in [-0.05, 0) is 31.8 Å². The zero-order chi connectivity index (χ0) is 11.4. The van der Waals surface area contributed by atoms with Crippen molar-refractivity contribution >= 4 is 0 Å². The van der Waals surface area contributed by atoms with Crippen LogP contribution in [0.1, 0.15) is 26.7 Å². The topological polar surface area (TPSA) is 15.7 Å². The molecule has 1 saturated carbocycles. The van der Waals surface area contributed by atoms with E-state index >= 15 is 0 Å². The normalized spacial score (nSPS) is 27.6. The minimum atomic E-state index is 0.726. The molecule has 0 spiro atoms. The number of morpholine rings is 1. The van der Waals surface area contributed by atoms with Gasteiger partial charge < -0.3 is 9.64 Å². The molecule has 1 atom stereocenters. The number of rotatable bonds is 6. The first-order chi connectivity index (χ1) is 7.85. The third-order valence-corrected chi connectivity index (χ3v) is 4.04. The number of nitrogens with zero attached hydrogens (tertiary/aromatic N) is 2. The monoisotopic (exact) mass is 226 g/mol. The molecule has 0 bridgehead atoms. The van der Waals surface area contributed by atoms with Crippen LogP contribution in [-0.4, -0.2) is 61.8 Å². The lowest BCUT2D eigenvalue weighted by Crippen LogP contribution is -2.49. The molecule has 1 saturated heterocycles. The SMILES string of the molecule is CCN(CC)CCN1CCOC[C@H]1C1CC1. The lowest BCUT2D eigenvalue weighted by molar-refractivity contribution is -0.0186. The number of likely N-dealkylation sites (N-methyl/N-ethyl adjacent to an activating group) is 1. The summed E-state index contributed by atoms with van der Waals surface area (Å²) in [6.45, 7) is 12.3. The van der Waals surface area contributed by atoms with Crippen LogP contribution in [-0.2, 0) is 4.74 Å². The summed E-state index contributed by atoms with van der Waals surface area (Å²) in [4.78, 5) is 5.18. The van der Waals surface area contributed by atoms with E-state index in [1.165, 1.54) is 39.0 Å². The maximum absolute atomic E-state index is 5.62. The molecular weight excluding hydrogens is 200 g/mol. The Morgan fingerprint density at radius 2 is 2.00 bits per heavy atom. The van der Waals surface area contributed by atoms with E-state index in [1.807, 2.05) is 0 Å². The maximum Gasteiger partial charge on any atom is 0.0625 e. The molecule has 1 heterocycles. The first-order valence-corrected chi connectivity index (χ1v) is 6.89. The summed E-state index contributed by atoms with van der Waals surface area (Å²) in [5, 5.41) is 0. The Kier molecular flexibility index (Phi) is 4.62. The highest BCUT2D eigenvalue weighted by molar-refractivity contribution is 4.90. The molecule has 0 aromatic rings. The highest BCUT2D eigenvalue weighted by Crippen LogP contribution is 2.36. The molecule has 16 heavy (non-hydrogen) atoms. The van der Waals surface area contributed by atoms with Gasteiger partial charge in [0.25, 0.3) is 0 Å². The fourth-order valence-electron chi connectivity index (χ4n) is 2.66. The summed E-state index contributed by atoms with van der Waals surface area (Å²) in [6, 6.07) is 0.726. The number of hydrogen-bond acceptors (Lipinski definition) is 3. The van der Waals surface area contributed by atoms with Gasteiger partial charge >= 0.3 is 0 Å². The number of hydrogen-bond donors (Lipinski definition) is 0. The summed E-state index contributed by atoms with van der Waals surface area (Å²) in [5.74, 6) is 0.942. The zero-order valence-corrected chi connectivity index (χ0v) is 10.8. The fraction of sp³-hybridized carbons (Fsp3) is 1.00. The van der Waals surface area contributed by atoms with Crippen LogP contribution in [0.2, 0.25) is 0 Å². The Labute approximate surface area is 99.7 Å². The first kappa shape index (κ1) is 12.3. The molecule has 0 aromatic carbocycles. The van der Waals surface area contributed by atoms with Crippen molar-refractivity contribution in [3.63, 3.8) is 0 Å². The largest absolute Gasteiger partial charge is 0.378 e. The van der Waals surface area contributed by atoms with Crippen molar-refractivity contribution in [3.8, 4) is 0 Å². The molecule has 2 rings (SSSR count). The molecule has 3 nitrogen and oxygen atoms in total. The average Bonchev–Trinajstić information content (AvgIpc) is 3.15. The van der Waals surface area contributed by atoms with Crippen molar-refractivity contribution in [1.82, 2.24) is 9.80 Å². The average molecular weight is 226 g/mol. The van der Waals surface area contributed by atoms with E-state index in [-0.39, 0.29) is 0 Å². The molecular formula is C13H26N2O. The van der Waals surface area contributed by atoms with Gasteiger partial charge in [0.2, 0.25) is 0 Å². The van der Waals surface area contributed by atoms with Gasteiger partial charge in [0.1, 0.15) is 0 Å². The van der Waals surface area contributed by atoms with Crippen LogP contribution in [0.15, 0.2) is 0 Å². The second-order valence-corrected chi connectivity index (χ2v) is 5.04. The fourth-order valence-corrected chi connectivity index (χ4v) is 2.66. The Morgan fingerprint density at radius 3 is 2.62 bits per heavy atom. The highest BCUT2D eigenvalue weighted by Gasteiger charge is 2.36. The van der Waals surface area contributed by atoms with Gasteiger partial charge in [-0.25, -0.2) is 0 Å². The van der Waals surface area contributed by atoms with Crippen molar-refractivity contribution in [2.24, 2.45) is 5.92 Å². The molecule has 0 amide bonds. The Bertz CT molecular complexity index is 202.